The molecule has 0 aliphatic carbocycles. The van der Waals surface area contributed by atoms with Gasteiger partial charge in [0.05, 0.1) is 0 Å². The highest BCUT2D eigenvalue weighted by Gasteiger charge is 2.19. The first-order valence-electron chi connectivity index (χ1n) is 30.7. The van der Waals surface area contributed by atoms with Gasteiger partial charge in [-0.05, 0) is 135 Å². The summed E-state index contributed by atoms with van der Waals surface area (Å²) in [6.07, 6.45) is 87.4. The Morgan fingerprint density at radius 1 is 0.280 bits per heavy atom. The number of hydrogen-bond donors (Lipinski definition) is 0. The van der Waals surface area contributed by atoms with Gasteiger partial charge in [-0.25, -0.2) is 0 Å². The highest BCUT2D eigenvalue weighted by Crippen LogP contribution is 2.14. The molecule has 1 unspecified atom stereocenters. The van der Waals surface area contributed by atoms with Gasteiger partial charge in [-0.3, -0.25) is 14.4 Å². The molecule has 0 saturated heterocycles. The third-order valence-electron chi connectivity index (χ3n) is 12.6. The zero-order chi connectivity index (χ0) is 54.3. The van der Waals surface area contributed by atoms with E-state index < -0.39 is 6.10 Å². The second-order valence-electron chi connectivity index (χ2n) is 19.9. The third-order valence-corrected chi connectivity index (χ3v) is 12.6. The Kier molecular flexibility index (Phi) is 58.4. The molecule has 1 atom stereocenters. The maximum atomic E-state index is 12.8. The number of unbranched alkanes of at least 4 members (excludes halogenated alkanes) is 21. The predicted molar refractivity (Wildman–Crippen MR) is 325 cm³/mol. The lowest BCUT2D eigenvalue weighted by Crippen LogP contribution is -2.30. The molecule has 0 radical (unpaired) electrons. The molecule has 0 aromatic heterocycles. The van der Waals surface area contributed by atoms with E-state index in [0.717, 1.165) is 161 Å². The van der Waals surface area contributed by atoms with Crippen molar-refractivity contribution in [2.75, 3.05) is 13.2 Å². The minimum Gasteiger partial charge on any atom is -0.462 e. The average Bonchev–Trinajstić information content (AvgIpc) is 3.41. The second-order valence-corrected chi connectivity index (χ2v) is 19.9. The summed E-state index contributed by atoms with van der Waals surface area (Å²) in [5, 5.41) is 0. The maximum absolute atomic E-state index is 12.8. The normalized spacial score (nSPS) is 13.1. The van der Waals surface area contributed by atoms with Crippen molar-refractivity contribution in [2.24, 2.45) is 0 Å². The first-order chi connectivity index (χ1) is 37.0. The lowest BCUT2D eigenvalue weighted by molar-refractivity contribution is -0.167. The minimum absolute atomic E-state index is 0.0945. The SMILES string of the molecule is CC/C=C\C/C=C\C/C=C\C/C=C\C/C=C\C/C=C\C/C=C\C/C=C\C/C=C\CCCCCCCC(=O)OCC(COC(=O)CCCCCCC/C=C\CCCC)OC(=O)CCCCCCC/C=C\CCCCCC. The fraction of sp³-hybridized carbons (Fsp3) is 0.638. The van der Waals surface area contributed by atoms with Crippen molar-refractivity contribution in [3.63, 3.8) is 0 Å². The highest BCUT2D eigenvalue weighted by molar-refractivity contribution is 5.71. The quantitative estimate of drug-likeness (QED) is 0.0261. The summed E-state index contributed by atoms with van der Waals surface area (Å²) < 4.78 is 16.8. The van der Waals surface area contributed by atoms with Crippen LogP contribution in [0.15, 0.2) is 134 Å². The Hall–Kier alpha value is -4.45. The van der Waals surface area contributed by atoms with E-state index in [1.165, 1.54) is 64.2 Å². The van der Waals surface area contributed by atoms with Gasteiger partial charge >= 0.3 is 17.9 Å². The van der Waals surface area contributed by atoms with Crippen LogP contribution in [0.3, 0.4) is 0 Å². The smallest absolute Gasteiger partial charge is 0.306 e. The molecule has 6 nitrogen and oxygen atoms in total. The van der Waals surface area contributed by atoms with Crippen LogP contribution in [0.25, 0.3) is 0 Å². The first-order valence-corrected chi connectivity index (χ1v) is 30.7. The Bertz CT molecular complexity index is 1620. The molecule has 0 aromatic rings. The van der Waals surface area contributed by atoms with Crippen LogP contribution in [0.2, 0.25) is 0 Å². The molecule has 0 amide bonds. The Morgan fingerprint density at radius 3 is 0.867 bits per heavy atom. The van der Waals surface area contributed by atoms with Gasteiger partial charge in [0.15, 0.2) is 6.10 Å². The molecule has 424 valence electrons. The van der Waals surface area contributed by atoms with Crippen molar-refractivity contribution in [3.05, 3.63) is 134 Å². The number of carbonyl (C=O) groups excluding carboxylic acids is 3. The van der Waals surface area contributed by atoms with E-state index in [2.05, 4.69) is 154 Å². The standard InChI is InChI=1S/C69H112O6/c1-4-7-10-13-16-19-22-24-25-26-27-28-29-30-31-32-33-34-35-36-37-38-39-40-41-42-43-45-47-50-53-56-59-62-68(71)74-65-66(64-73-67(70)61-58-55-52-49-46-21-18-15-12-9-6-3)75-69(72)63-60-57-54-51-48-44-23-20-17-14-11-8-5-2/h7,10,15-16,18-20,23-25,27-28,30-31,33-34,36-37,39-40,42-43,66H,4-6,8-9,11-14,17,21-22,26,29,32,35,38,41,44-65H2,1-3H3/b10-7-,18-15-,19-16-,23-20-,25-24-,28-27-,31-30-,34-33-,37-36-,40-39-,43-42-. The summed E-state index contributed by atoms with van der Waals surface area (Å²) in [5.74, 6) is -0.935. The summed E-state index contributed by atoms with van der Waals surface area (Å²) in [6.45, 7) is 6.43. The zero-order valence-electron chi connectivity index (χ0n) is 48.5. The molecule has 0 rings (SSSR count). The summed E-state index contributed by atoms with van der Waals surface area (Å²) in [6, 6.07) is 0. The van der Waals surface area contributed by atoms with Crippen molar-refractivity contribution in [1.29, 1.82) is 0 Å². The van der Waals surface area contributed by atoms with Crippen LogP contribution in [0.1, 0.15) is 265 Å². The fourth-order valence-electron chi connectivity index (χ4n) is 8.00. The predicted octanol–water partition coefficient (Wildman–Crippen LogP) is 21.0. The van der Waals surface area contributed by atoms with Crippen LogP contribution in [0.4, 0.5) is 0 Å². The minimum atomic E-state index is -0.797. The lowest BCUT2D eigenvalue weighted by atomic mass is 10.1. The van der Waals surface area contributed by atoms with Crippen LogP contribution in [-0.4, -0.2) is 37.2 Å². The maximum Gasteiger partial charge on any atom is 0.306 e. The van der Waals surface area contributed by atoms with Gasteiger partial charge in [-0.15, -0.1) is 0 Å². The molecule has 0 aliphatic rings. The van der Waals surface area contributed by atoms with Gasteiger partial charge in [-0.2, -0.15) is 0 Å². The second kappa shape index (κ2) is 62.1. The molecule has 75 heavy (non-hydrogen) atoms. The highest BCUT2D eigenvalue weighted by atomic mass is 16.6. The molecule has 0 spiro atoms. The molecule has 0 bridgehead atoms. The number of ether oxygens (including phenoxy) is 3. The van der Waals surface area contributed by atoms with Crippen molar-refractivity contribution < 1.29 is 28.6 Å². The van der Waals surface area contributed by atoms with Crippen molar-refractivity contribution in [3.8, 4) is 0 Å². The van der Waals surface area contributed by atoms with E-state index in [1.54, 1.807) is 0 Å². The molecule has 6 heteroatoms. The average molecular weight is 1040 g/mol. The van der Waals surface area contributed by atoms with Gasteiger partial charge in [0, 0.05) is 19.3 Å². The first kappa shape index (κ1) is 70.5. The monoisotopic (exact) mass is 1040 g/mol. The van der Waals surface area contributed by atoms with Crippen LogP contribution in [0, 0.1) is 0 Å². The van der Waals surface area contributed by atoms with Gasteiger partial charge in [0.1, 0.15) is 13.2 Å². The molecule has 0 saturated carbocycles. The van der Waals surface area contributed by atoms with Crippen molar-refractivity contribution in [1.82, 2.24) is 0 Å². The Labute approximate surface area is 462 Å². The molecule has 0 aromatic carbocycles. The van der Waals surface area contributed by atoms with Gasteiger partial charge in [0.2, 0.25) is 0 Å². The third kappa shape index (κ3) is 60.3. The van der Waals surface area contributed by atoms with E-state index in [1.807, 2.05) is 0 Å². The topological polar surface area (TPSA) is 78.9 Å². The fourth-order valence-corrected chi connectivity index (χ4v) is 8.00. The Morgan fingerprint density at radius 2 is 0.533 bits per heavy atom. The number of rotatable bonds is 54. The number of esters is 3. The molecule has 0 N–H and O–H groups in total. The molecule has 0 fully saturated rings. The van der Waals surface area contributed by atoms with Gasteiger partial charge < -0.3 is 14.2 Å². The lowest BCUT2D eigenvalue weighted by Gasteiger charge is -2.18. The number of hydrogen-bond acceptors (Lipinski definition) is 6. The van der Waals surface area contributed by atoms with Gasteiger partial charge in [0.25, 0.3) is 0 Å². The van der Waals surface area contributed by atoms with Crippen LogP contribution >= 0.6 is 0 Å². The molecular formula is C69H112O6. The molecule has 0 aliphatic heterocycles. The van der Waals surface area contributed by atoms with Crippen molar-refractivity contribution in [2.45, 2.75) is 271 Å². The van der Waals surface area contributed by atoms with E-state index in [-0.39, 0.29) is 31.1 Å². The van der Waals surface area contributed by atoms with E-state index in [9.17, 15) is 14.4 Å². The van der Waals surface area contributed by atoms with E-state index in [4.69, 9.17) is 14.2 Å². The number of carbonyl (C=O) groups is 3. The van der Waals surface area contributed by atoms with Crippen LogP contribution in [0.5, 0.6) is 0 Å². The Balaban J connectivity index is 4.27. The summed E-state index contributed by atoms with van der Waals surface area (Å²) in [5.41, 5.74) is 0. The summed E-state index contributed by atoms with van der Waals surface area (Å²) in [4.78, 5) is 38.1. The zero-order valence-corrected chi connectivity index (χ0v) is 48.5. The largest absolute Gasteiger partial charge is 0.462 e. The van der Waals surface area contributed by atoms with Gasteiger partial charge in [-0.1, -0.05) is 244 Å². The molecule has 0 heterocycles. The van der Waals surface area contributed by atoms with Crippen LogP contribution in [-0.2, 0) is 28.6 Å². The van der Waals surface area contributed by atoms with Crippen LogP contribution < -0.4 is 0 Å². The van der Waals surface area contributed by atoms with Crippen molar-refractivity contribution >= 4 is 17.9 Å². The summed E-state index contributed by atoms with van der Waals surface area (Å²) >= 11 is 0. The van der Waals surface area contributed by atoms with E-state index >= 15 is 0 Å². The number of allylic oxidation sites excluding steroid dienone is 22. The van der Waals surface area contributed by atoms with E-state index in [0.29, 0.717) is 19.3 Å². The molecular weight excluding hydrogens is 925 g/mol. The summed E-state index contributed by atoms with van der Waals surface area (Å²) in [7, 11) is 0.